The van der Waals surface area contributed by atoms with Crippen LogP contribution in [0.4, 0.5) is 10.2 Å². The molecule has 0 radical (unpaired) electrons. The number of thiophene rings is 1. The Hall–Kier alpha value is -2.54. The monoisotopic (exact) mass is 357 g/mol. The van der Waals surface area contributed by atoms with Crippen LogP contribution in [0.15, 0.2) is 24.5 Å². The molecule has 128 valence electrons. The van der Waals surface area contributed by atoms with Crippen LogP contribution in [-0.4, -0.2) is 23.0 Å². The van der Waals surface area contributed by atoms with Gasteiger partial charge in [-0.1, -0.05) is 0 Å². The number of fused-ring (bicyclic) bond motifs is 3. The van der Waals surface area contributed by atoms with E-state index in [1.165, 1.54) is 42.1 Å². The molecule has 0 spiro atoms. The first kappa shape index (κ1) is 16.0. The molecule has 0 unspecified atom stereocenters. The number of nitrogens with one attached hydrogen (secondary N) is 1. The van der Waals surface area contributed by atoms with Crippen LogP contribution in [0, 0.1) is 5.82 Å². The zero-order valence-electron chi connectivity index (χ0n) is 13.6. The first-order chi connectivity index (χ1) is 12.2. The number of nitrogens with zero attached hydrogens (tertiary/aromatic N) is 2. The zero-order valence-corrected chi connectivity index (χ0v) is 14.5. The third-order valence-electron chi connectivity index (χ3n) is 4.41. The van der Waals surface area contributed by atoms with E-state index in [4.69, 9.17) is 4.74 Å². The third-order valence-corrected chi connectivity index (χ3v) is 5.61. The fraction of sp³-hybridized carbons (Fsp3) is 0.278. The Morgan fingerprint density at radius 3 is 3.08 bits per heavy atom. The molecule has 0 fully saturated rings. The largest absolute Gasteiger partial charge is 0.465 e. The van der Waals surface area contributed by atoms with Gasteiger partial charge < -0.3 is 10.1 Å². The highest BCUT2D eigenvalue weighted by Crippen LogP contribution is 2.39. The van der Waals surface area contributed by atoms with Gasteiger partial charge in [-0.15, -0.1) is 11.3 Å². The normalized spacial score (nSPS) is 13.0. The van der Waals surface area contributed by atoms with Crippen LogP contribution in [0.1, 0.15) is 32.8 Å². The minimum absolute atomic E-state index is 0.230. The standard InChI is InChI=1S/C18H16FN3O2S/c1-24-18(23)10-5-6-13(19)11(7-10)8-20-16-15-12-3-2-4-14(12)25-17(15)22-9-21-16/h5-7,9H,2-4,8H2,1H3,(H,20,21,22). The number of anilines is 1. The summed E-state index contributed by atoms with van der Waals surface area (Å²) in [6.45, 7) is 0.230. The van der Waals surface area contributed by atoms with E-state index in [0.717, 1.165) is 29.5 Å². The Morgan fingerprint density at radius 1 is 1.36 bits per heavy atom. The highest BCUT2D eigenvalue weighted by atomic mass is 32.1. The van der Waals surface area contributed by atoms with Crippen LogP contribution < -0.4 is 5.32 Å². The van der Waals surface area contributed by atoms with E-state index in [1.807, 2.05) is 0 Å². The van der Waals surface area contributed by atoms with Crippen LogP contribution in [0.2, 0.25) is 0 Å². The lowest BCUT2D eigenvalue weighted by Gasteiger charge is -2.10. The predicted octanol–water partition coefficient (Wildman–Crippen LogP) is 3.72. The molecule has 0 saturated heterocycles. The number of benzene rings is 1. The van der Waals surface area contributed by atoms with E-state index in [-0.39, 0.29) is 12.4 Å². The quantitative estimate of drug-likeness (QED) is 0.721. The fourth-order valence-corrected chi connectivity index (χ4v) is 4.43. The predicted molar refractivity (Wildman–Crippen MR) is 94.5 cm³/mol. The van der Waals surface area contributed by atoms with Crippen molar-refractivity contribution in [3.63, 3.8) is 0 Å². The van der Waals surface area contributed by atoms with E-state index in [1.54, 1.807) is 11.3 Å². The van der Waals surface area contributed by atoms with Gasteiger partial charge in [0.25, 0.3) is 0 Å². The lowest BCUT2D eigenvalue weighted by molar-refractivity contribution is 0.0600. The Labute approximate surface area is 147 Å². The Bertz CT molecular complexity index is 970. The molecule has 0 bridgehead atoms. The summed E-state index contributed by atoms with van der Waals surface area (Å²) in [5.41, 5.74) is 2.03. The number of hydrogen-bond donors (Lipinski definition) is 1. The Kier molecular flexibility index (Phi) is 4.09. The zero-order chi connectivity index (χ0) is 17.4. The maximum Gasteiger partial charge on any atom is 0.337 e. The van der Waals surface area contributed by atoms with Gasteiger partial charge in [0, 0.05) is 17.0 Å². The van der Waals surface area contributed by atoms with E-state index < -0.39 is 5.97 Å². The molecular formula is C18H16FN3O2S. The van der Waals surface area contributed by atoms with Gasteiger partial charge in [-0.2, -0.15) is 0 Å². The van der Waals surface area contributed by atoms with Gasteiger partial charge in [0.15, 0.2) is 0 Å². The molecule has 4 rings (SSSR count). The molecule has 0 amide bonds. The Morgan fingerprint density at radius 2 is 2.24 bits per heavy atom. The number of halogens is 1. The van der Waals surface area contributed by atoms with Crippen molar-refractivity contribution in [2.75, 3.05) is 12.4 Å². The minimum atomic E-state index is -0.485. The number of carbonyl (C=O) groups excluding carboxylic acids is 1. The van der Waals surface area contributed by atoms with Gasteiger partial charge in [0.2, 0.25) is 0 Å². The summed E-state index contributed by atoms with van der Waals surface area (Å²) in [5.74, 6) is -0.144. The van der Waals surface area contributed by atoms with Crippen molar-refractivity contribution in [2.45, 2.75) is 25.8 Å². The number of carbonyl (C=O) groups is 1. The van der Waals surface area contributed by atoms with Crippen molar-refractivity contribution in [1.82, 2.24) is 9.97 Å². The van der Waals surface area contributed by atoms with E-state index in [0.29, 0.717) is 16.9 Å². The van der Waals surface area contributed by atoms with Crippen molar-refractivity contribution in [3.05, 3.63) is 51.9 Å². The van der Waals surface area contributed by atoms with Crippen LogP contribution in [0.5, 0.6) is 0 Å². The molecule has 1 N–H and O–H groups in total. The first-order valence-corrected chi connectivity index (χ1v) is 8.85. The molecule has 1 aliphatic rings. The number of aromatic nitrogens is 2. The highest BCUT2D eigenvalue weighted by molar-refractivity contribution is 7.19. The molecule has 7 heteroatoms. The van der Waals surface area contributed by atoms with E-state index in [9.17, 15) is 9.18 Å². The third kappa shape index (κ3) is 2.84. The van der Waals surface area contributed by atoms with Crippen molar-refractivity contribution in [2.24, 2.45) is 0 Å². The summed E-state index contributed by atoms with van der Waals surface area (Å²) in [6, 6.07) is 4.20. The molecule has 5 nitrogen and oxygen atoms in total. The average molecular weight is 357 g/mol. The average Bonchev–Trinajstić information content (AvgIpc) is 3.21. The Balaban J connectivity index is 1.64. The fourth-order valence-electron chi connectivity index (χ4n) is 3.20. The summed E-state index contributed by atoms with van der Waals surface area (Å²) < 4.78 is 18.8. The number of methoxy groups -OCH3 is 1. The summed E-state index contributed by atoms with van der Waals surface area (Å²) >= 11 is 1.71. The molecule has 1 aliphatic carbocycles. The summed E-state index contributed by atoms with van der Waals surface area (Å²) in [7, 11) is 1.30. The first-order valence-electron chi connectivity index (χ1n) is 8.03. The van der Waals surface area contributed by atoms with Crippen molar-refractivity contribution in [3.8, 4) is 0 Å². The van der Waals surface area contributed by atoms with Crippen LogP contribution in [0.25, 0.3) is 10.2 Å². The van der Waals surface area contributed by atoms with Gasteiger partial charge in [-0.3, -0.25) is 0 Å². The van der Waals surface area contributed by atoms with Crippen LogP contribution >= 0.6 is 11.3 Å². The van der Waals surface area contributed by atoms with Gasteiger partial charge >= 0.3 is 5.97 Å². The number of ether oxygens (including phenoxy) is 1. The lowest BCUT2D eigenvalue weighted by Crippen LogP contribution is -2.07. The number of esters is 1. The molecule has 1 aromatic carbocycles. The second-order valence-corrected chi connectivity index (χ2v) is 6.99. The lowest BCUT2D eigenvalue weighted by atomic mass is 10.1. The molecule has 3 aromatic rings. The van der Waals surface area contributed by atoms with Crippen LogP contribution in [0.3, 0.4) is 0 Å². The van der Waals surface area contributed by atoms with Gasteiger partial charge in [0.05, 0.1) is 18.1 Å². The minimum Gasteiger partial charge on any atom is -0.465 e. The van der Waals surface area contributed by atoms with E-state index in [2.05, 4.69) is 15.3 Å². The molecule has 0 saturated carbocycles. The smallest absolute Gasteiger partial charge is 0.337 e. The molecular weight excluding hydrogens is 341 g/mol. The van der Waals surface area contributed by atoms with Gasteiger partial charge in [-0.05, 0) is 43.0 Å². The summed E-state index contributed by atoms with van der Waals surface area (Å²) in [5, 5.41) is 4.25. The topological polar surface area (TPSA) is 64.1 Å². The number of hydrogen-bond acceptors (Lipinski definition) is 6. The molecule has 0 aliphatic heterocycles. The van der Waals surface area contributed by atoms with Crippen molar-refractivity contribution < 1.29 is 13.9 Å². The summed E-state index contributed by atoms with van der Waals surface area (Å²) in [6.07, 6.45) is 4.80. The molecule has 2 aromatic heterocycles. The maximum absolute atomic E-state index is 14.1. The summed E-state index contributed by atoms with van der Waals surface area (Å²) in [4.78, 5) is 22.7. The number of aryl methyl sites for hydroxylation is 2. The second kappa shape index (κ2) is 6.40. The maximum atomic E-state index is 14.1. The molecule has 2 heterocycles. The van der Waals surface area contributed by atoms with Crippen molar-refractivity contribution >= 4 is 33.3 Å². The van der Waals surface area contributed by atoms with Gasteiger partial charge in [0.1, 0.15) is 22.8 Å². The van der Waals surface area contributed by atoms with Gasteiger partial charge in [-0.25, -0.2) is 19.2 Å². The SMILES string of the molecule is COC(=O)c1ccc(F)c(CNc2ncnc3sc4c(c23)CCC4)c1. The molecule has 25 heavy (non-hydrogen) atoms. The highest BCUT2D eigenvalue weighted by Gasteiger charge is 2.21. The van der Waals surface area contributed by atoms with Crippen molar-refractivity contribution in [1.29, 1.82) is 0 Å². The number of rotatable bonds is 4. The van der Waals surface area contributed by atoms with Crippen LogP contribution in [-0.2, 0) is 24.1 Å². The van der Waals surface area contributed by atoms with E-state index >= 15 is 0 Å². The second-order valence-electron chi connectivity index (χ2n) is 5.91. The molecule has 0 atom stereocenters.